The number of phenolic OH excluding ortho intramolecular Hbond substituents is 1. The molecule has 0 amide bonds. The third-order valence-electron chi connectivity index (χ3n) is 12.7. The highest BCUT2D eigenvalue weighted by Crippen LogP contribution is 2.70. The first-order valence-corrected chi connectivity index (χ1v) is 16.5. The number of aliphatic hydroxyl groups is 2. The van der Waals surface area contributed by atoms with Crippen LogP contribution < -0.4 is 0 Å². The number of benzene rings is 1. The van der Waals surface area contributed by atoms with Gasteiger partial charge in [0.2, 0.25) is 0 Å². The third kappa shape index (κ3) is 4.87. The van der Waals surface area contributed by atoms with E-state index in [1.54, 1.807) is 12.1 Å². The van der Waals surface area contributed by atoms with Crippen LogP contribution >= 0.6 is 0 Å². The summed E-state index contributed by atoms with van der Waals surface area (Å²) < 4.78 is 24.0. The second-order valence-corrected chi connectivity index (χ2v) is 14.6. The number of ether oxygens (including phenoxy) is 4. The molecule has 0 bridgehead atoms. The van der Waals surface area contributed by atoms with Crippen molar-refractivity contribution in [3.63, 3.8) is 0 Å². The zero-order valence-electron chi connectivity index (χ0n) is 24.8. The Morgan fingerprint density at radius 1 is 0.902 bits per heavy atom. The molecule has 1 aromatic rings. The first-order valence-electron chi connectivity index (χ1n) is 16.5. The summed E-state index contributed by atoms with van der Waals surface area (Å²) in [4.78, 5) is 0. The molecule has 0 aromatic heterocycles. The Morgan fingerprint density at radius 2 is 1.68 bits per heavy atom. The molecular formula is C34H50O7. The van der Waals surface area contributed by atoms with Crippen LogP contribution in [-0.4, -0.2) is 65.0 Å². The third-order valence-corrected chi connectivity index (χ3v) is 12.7. The van der Waals surface area contributed by atoms with Crippen LogP contribution in [-0.2, 0) is 18.9 Å². The second-order valence-electron chi connectivity index (χ2n) is 14.6. The van der Waals surface area contributed by atoms with Crippen molar-refractivity contribution in [2.45, 2.75) is 120 Å². The van der Waals surface area contributed by atoms with Crippen LogP contribution in [0.1, 0.15) is 102 Å². The van der Waals surface area contributed by atoms with E-state index in [2.05, 4.69) is 19.1 Å². The van der Waals surface area contributed by atoms with E-state index in [9.17, 15) is 15.3 Å². The van der Waals surface area contributed by atoms with Gasteiger partial charge in [-0.15, -0.1) is 0 Å². The van der Waals surface area contributed by atoms with E-state index in [1.807, 2.05) is 0 Å². The minimum atomic E-state index is -0.792. The van der Waals surface area contributed by atoms with Gasteiger partial charge in [0, 0.05) is 26.1 Å². The van der Waals surface area contributed by atoms with Gasteiger partial charge in [-0.25, -0.2) is 0 Å². The van der Waals surface area contributed by atoms with E-state index in [-0.39, 0.29) is 29.3 Å². The van der Waals surface area contributed by atoms with Crippen LogP contribution in [0, 0.1) is 29.1 Å². The molecule has 2 heterocycles. The molecule has 7 nitrogen and oxygen atoms in total. The van der Waals surface area contributed by atoms with Gasteiger partial charge in [-0.05, 0) is 123 Å². The van der Waals surface area contributed by atoms with E-state index in [4.69, 9.17) is 18.9 Å². The molecule has 4 saturated carbocycles. The molecule has 2 aliphatic heterocycles. The summed E-state index contributed by atoms with van der Waals surface area (Å²) in [5.74, 6) is 1.29. The van der Waals surface area contributed by atoms with Gasteiger partial charge in [0.15, 0.2) is 12.1 Å². The average molecular weight is 571 g/mol. The fourth-order valence-corrected chi connectivity index (χ4v) is 10.7. The molecule has 1 aromatic carbocycles. The first kappa shape index (κ1) is 28.5. The molecule has 1 unspecified atom stereocenters. The van der Waals surface area contributed by atoms with Crippen LogP contribution in [0.15, 0.2) is 24.3 Å². The van der Waals surface area contributed by atoms with E-state index in [1.165, 1.54) is 5.56 Å². The topological polar surface area (TPSA) is 97.6 Å². The number of hydrogen-bond donors (Lipinski definition) is 3. The molecule has 7 rings (SSSR count). The lowest BCUT2D eigenvalue weighted by molar-refractivity contribution is -0.260. The molecule has 7 heteroatoms. The van der Waals surface area contributed by atoms with Crippen molar-refractivity contribution in [3.8, 4) is 5.75 Å². The number of rotatable bonds is 6. The standard InChI is InChI=1S/C34H50O7/c1-31-21-26(23-6-8-24(35)9-7-23)30-25(10-14-32(36)22-34(16-12-28(30)32)40-19-20-41-34)27(31)11-15-33(31,37)13-4-18-39-29-5-2-3-17-38-29/h6-9,25-30,35-37H,2-5,10-22H2,1H3/t25-,26+,27+,28+,29?,30+,31-,32+,33+/m0/s1. The maximum absolute atomic E-state index is 12.4. The summed E-state index contributed by atoms with van der Waals surface area (Å²) in [5, 5.41) is 34.7. The quantitative estimate of drug-likeness (QED) is 0.380. The van der Waals surface area contributed by atoms with Crippen molar-refractivity contribution in [2.24, 2.45) is 29.1 Å². The normalized spacial score (nSPS) is 45.2. The molecule has 41 heavy (non-hydrogen) atoms. The van der Waals surface area contributed by atoms with Crippen molar-refractivity contribution >= 4 is 0 Å². The highest BCUT2D eigenvalue weighted by atomic mass is 16.7. The molecule has 228 valence electrons. The molecule has 0 radical (unpaired) electrons. The largest absolute Gasteiger partial charge is 0.508 e. The maximum Gasteiger partial charge on any atom is 0.171 e. The van der Waals surface area contributed by atoms with Crippen LogP contribution in [0.5, 0.6) is 5.75 Å². The van der Waals surface area contributed by atoms with Crippen LogP contribution in [0.2, 0.25) is 0 Å². The van der Waals surface area contributed by atoms with Crippen LogP contribution in [0.25, 0.3) is 0 Å². The van der Waals surface area contributed by atoms with Crippen LogP contribution in [0.4, 0.5) is 0 Å². The van der Waals surface area contributed by atoms with Crippen molar-refractivity contribution in [1.29, 1.82) is 0 Å². The van der Waals surface area contributed by atoms with Gasteiger partial charge >= 0.3 is 0 Å². The zero-order chi connectivity index (χ0) is 28.3. The van der Waals surface area contributed by atoms with Crippen LogP contribution in [0.3, 0.4) is 0 Å². The fraction of sp³-hybridized carbons (Fsp3) is 0.824. The summed E-state index contributed by atoms with van der Waals surface area (Å²) in [6.45, 7) is 4.99. The maximum atomic E-state index is 12.4. The summed E-state index contributed by atoms with van der Waals surface area (Å²) in [6.07, 6.45) is 11.6. The second kappa shape index (κ2) is 10.7. The number of aromatic hydroxyl groups is 1. The lowest BCUT2D eigenvalue weighted by Crippen LogP contribution is -2.62. The molecule has 6 aliphatic rings. The van der Waals surface area contributed by atoms with Crippen molar-refractivity contribution in [3.05, 3.63) is 29.8 Å². The number of fused-ring (bicyclic) bond motifs is 5. The smallest absolute Gasteiger partial charge is 0.171 e. The minimum Gasteiger partial charge on any atom is -0.508 e. The number of phenols is 1. The zero-order valence-corrected chi connectivity index (χ0v) is 24.8. The van der Waals surface area contributed by atoms with E-state index < -0.39 is 17.0 Å². The lowest BCUT2D eigenvalue weighted by atomic mass is 9.44. The summed E-state index contributed by atoms with van der Waals surface area (Å²) in [5.41, 5.74) is -0.506. The molecule has 2 saturated heterocycles. The number of hydrogen-bond acceptors (Lipinski definition) is 7. The molecule has 1 spiro atoms. The van der Waals surface area contributed by atoms with Gasteiger partial charge < -0.3 is 34.3 Å². The Labute approximate surface area is 244 Å². The van der Waals surface area contributed by atoms with E-state index >= 15 is 0 Å². The first-order chi connectivity index (χ1) is 19.7. The monoisotopic (exact) mass is 570 g/mol. The van der Waals surface area contributed by atoms with Crippen molar-refractivity contribution in [1.82, 2.24) is 0 Å². The van der Waals surface area contributed by atoms with Gasteiger partial charge in [0.1, 0.15) is 5.75 Å². The predicted molar refractivity (Wildman–Crippen MR) is 153 cm³/mol. The summed E-state index contributed by atoms with van der Waals surface area (Å²) in [6, 6.07) is 7.76. The van der Waals surface area contributed by atoms with Crippen molar-refractivity contribution < 1.29 is 34.3 Å². The highest BCUT2D eigenvalue weighted by Gasteiger charge is 2.67. The van der Waals surface area contributed by atoms with Gasteiger partial charge in [-0.3, -0.25) is 0 Å². The Kier molecular flexibility index (Phi) is 7.48. The Balaban J connectivity index is 1.15. The SMILES string of the molecule is C[C@]12C[C@H](c3ccc(O)cc3)[C@H]3[C@@H](CC[C@@]4(O)CC5(CC[C@H]34)OCCO5)[C@H]1CC[C@]2(O)CCCOC1CCCCO1. The molecule has 6 fully saturated rings. The van der Waals surface area contributed by atoms with Gasteiger partial charge in [-0.1, -0.05) is 19.1 Å². The van der Waals surface area contributed by atoms with E-state index in [0.29, 0.717) is 44.0 Å². The van der Waals surface area contributed by atoms with E-state index in [0.717, 1.165) is 83.7 Å². The summed E-state index contributed by atoms with van der Waals surface area (Å²) in [7, 11) is 0. The Hall–Kier alpha value is -1.22. The molecular weight excluding hydrogens is 520 g/mol. The summed E-state index contributed by atoms with van der Waals surface area (Å²) >= 11 is 0. The predicted octanol–water partition coefficient (Wildman–Crippen LogP) is 5.65. The average Bonchev–Trinajstić information content (AvgIpc) is 3.52. The lowest BCUT2D eigenvalue weighted by Gasteiger charge is -2.63. The van der Waals surface area contributed by atoms with Gasteiger partial charge in [0.05, 0.1) is 24.4 Å². The fourth-order valence-electron chi connectivity index (χ4n) is 10.7. The highest BCUT2D eigenvalue weighted by molar-refractivity contribution is 5.32. The minimum absolute atomic E-state index is 0.0877. The molecule has 4 aliphatic carbocycles. The Morgan fingerprint density at radius 3 is 2.44 bits per heavy atom. The molecule has 9 atom stereocenters. The Bertz CT molecular complexity index is 1070. The van der Waals surface area contributed by atoms with Crippen molar-refractivity contribution in [2.75, 3.05) is 26.4 Å². The van der Waals surface area contributed by atoms with Gasteiger partial charge in [-0.2, -0.15) is 0 Å². The van der Waals surface area contributed by atoms with Gasteiger partial charge in [0.25, 0.3) is 0 Å². The molecule has 3 N–H and O–H groups in total.